The zero-order valence-electron chi connectivity index (χ0n) is 11.2. The Morgan fingerprint density at radius 1 is 0.864 bits per heavy atom. The van der Waals surface area contributed by atoms with Gasteiger partial charge in [-0.3, -0.25) is 4.79 Å². The number of anilines is 2. The molecule has 0 fully saturated rings. The molecule has 2 aromatic carbocycles. The minimum absolute atomic E-state index is 0.00907. The number of amides is 1. The molecule has 0 atom stereocenters. The van der Waals surface area contributed by atoms with Gasteiger partial charge < -0.3 is 21.3 Å². The number of rotatable bonds is 4. The quantitative estimate of drug-likeness (QED) is 0.638. The molecule has 1 amide bonds. The smallest absolute Gasteiger partial charge is 0.337 e. The summed E-state index contributed by atoms with van der Waals surface area (Å²) in [5.41, 5.74) is 5.14. The second-order valence-electron chi connectivity index (χ2n) is 4.38. The lowest BCUT2D eigenvalue weighted by Crippen LogP contribution is -2.19. The maximum atomic E-state index is 12.3. The summed E-state index contributed by atoms with van der Waals surface area (Å²) in [7, 11) is 0. The summed E-state index contributed by atoms with van der Waals surface area (Å²) in [6.45, 7) is 0. The normalized spacial score (nSPS) is 10.0. The minimum Gasteiger partial charge on any atom is -0.478 e. The van der Waals surface area contributed by atoms with Crippen LogP contribution in [0.3, 0.4) is 0 Å². The molecular formula is C15H12N2O5. The van der Waals surface area contributed by atoms with Crippen LogP contribution in [0.1, 0.15) is 31.1 Å². The molecule has 0 unspecified atom stereocenters. The van der Waals surface area contributed by atoms with Crippen molar-refractivity contribution in [3.8, 4) is 0 Å². The van der Waals surface area contributed by atoms with Gasteiger partial charge in [-0.1, -0.05) is 18.2 Å². The van der Waals surface area contributed by atoms with Crippen molar-refractivity contribution in [2.75, 3.05) is 11.1 Å². The fourth-order valence-electron chi connectivity index (χ4n) is 1.97. The number of para-hydroxylation sites is 1. The van der Waals surface area contributed by atoms with Crippen molar-refractivity contribution < 1.29 is 24.6 Å². The van der Waals surface area contributed by atoms with Gasteiger partial charge in [0.1, 0.15) is 0 Å². The van der Waals surface area contributed by atoms with Crippen LogP contribution in [-0.2, 0) is 0 Å². The largest absolute Gasteiger partial charge is 0.478 e. The predicted octanol–water partition coefficient (Wildman–Crippen LogP) is 1.92. The predicted molar refractivity (Wildman–Crippen MR) is 79.2 cm³/mol. The summed E-state index contributed by atoms with van der Waals surface area (Å²) >= 11 is 0. The first kappa shape index (κ1) is 15.0. The van der Waals surface area contributed by atoms with E-state index in [1.807, 2.05) is 0 Å². The van der Waals surface area contributed by atoms with Gasteiger partial charge in [0.25, 0.3) is 5.91 Å². The maximum Gasteiger partial charge on any atom is 0.337 e. The highest BCUT2D eigenvalue weighted by molar-refractivity contribution is 6.15. The van der Waals surface area contributed by atoms with Gasteiger partial charge in [-0.05, 0) is 24.3 Å². The Morgan fingerprint density at radius 2 is 1.45 bits per heavy atom. The average molecular weight is 300 g/mol. The van der Waals surface area contributed by atoms with Gasteiger partial charge in [-0.2, -0.15) is 0 Å². The first-order chi connectivity index (χ1) is 10.4. The highest BCUT2D eigenvalue weighted by Crippen LogP contribution is 2.21. The van der Waals surface area contributed by atoms with E-state index in [0.717, 1.165) is 0 Å². The monoisotopic (exact) mass is 300 g/mol. The second-order valence-corrected chi connectivity index (χ2v) is 4.38. The Balaban J connectivity index is 2.43. The Morgan fingerprint density at radius 3 is 2.09 bits per heavy atom. The molecule has 2 aromatic rings. The zero-order chi connectivity index (χ0) is 16.3. The molecule has 112 valence electrons. The van der Waals surface area contributed by atoms with E-state index >= 15 is 0 Å². The topological polar surface area (TPSA) is 130 Å². The molecule has 7 heteroatoms. The van der Waals surface area contributed by atoms with E-state index in [1.165, 1.54) is 36.4 Å². The number of carbonyl (C=O) groups is 3. The van der Waals surface area contributed by atoms with E-state index in [4.69, 9.17) is 15.9 Å². The fourth-order valence-corrected chi connectivity index (χ4v) is 1.97. The van der Waals surface area contributed by atoms with Crippen LogP contribution in [0.15, 0.2) is 42.5 Å². The first-order valence-electron chi connectivity index (χ1n) is 6.17. The minimum atomic E-state index is -1.30. The van der Waals surface area contributed by atoms with Crippen LogP contribution in [0, 0.1) is 0 Å². The number of hydrogen-bond acceptors (Lipinski definition) is 4. The second kappa shape index (κ2) is 5.96. The number of carbonyl (C=O) groups excluding carboxylic acids is 1. The molecule has 0 heterocycles. The summed E-state index contributed by atoms with van der Waals surface area (Å²) in [6, 6.07) is 9.85. The molecule has 0 saturated heterocycles. The lowest BCUT2D eigenvalue weighted by atomic mass is 10.0. The molecule has 0 aliphatic carbocycles. The zero-order valence-corrected chi connectivity index (χ0v) is 11.2. The molecule has 0 spiro atoms. The summed E-state index contributed by atoms with van der Waals surface area (Å²) < 4.78 is 0. The third-order valence-corrected chi connectivity index (χ3v) is 2.96. The summed E-state index contributed by atoms with van der Waals surface area (Å²) in [6.07, 6.45) is 0. The highest BCUT2D eigenvalue weighted by atomic mass is 16.4. The molecule has 0 radical (unpaired) electrons. The first-order valence-corrected chi connectivity index (χ1v) is 6.17. The van der Waals surface area contributed by atoms with E-state index in [0.29, 0.717) is 0 Å². The van der Waals surface area contributed by atoms with Crippen LogP contribution in [0.25, 0.3) is 0 Å². The van der Waals surface area contributed by atoms with Crippen molar-refractivity contribution >= 4 is 29.2 Å². The van der Waals surface area contributed by atoms with Crippen molar-refractivity contribution in [2.45, 2.75) is 0 Å². The molecule has 7 nitrogen and oxygen atoms in total. The molecule has 0 saturated carbocycles. The van der Waals surface area contributed by atoms with E-state index in [1.54, 1.807) is 6.07 Å². The lowest BCUT2D eigenvalue weighted by molar-refractivity contribution is 0.0684. The number of nitrogen functional groups attached to an aromatic ring is 1. The van der Waals surface area contributed by atoms with E-state index in [2.05, 4.69) is 5.32 Å². The van der Waals surface area contributed by atoms with Gasteiger partial charge >= 0.3 is 11.9 Å². The maximum absolute atomic E-state index is 12.3. The van der Waals surface area contributed by atoms with Gasteiger partial charge in [0.15, 0.2) is 0 Å². The van der Waals surface area contributed by atoms with Gasteiger partial charge in [-0.15, -0.1) is 0 Å². The number of hydrogen-bond donors (Lipinski definition) is 4. The standard InChI is InChI=1S/C15H12N2O5/c16-10-6-3-5-9(15(21)22)12(10)13(18)17-11-7-2-1-4-8(11)14(19)20/h1-7H,16H2,(H,17,18)(H,19,20)(H,21,22). The third kappa shape index (κ3) is 2.88. The number of benzene rings is 2. The molecule has 2 rings (SSSR count). The molecule has 0 bridgehead atoms. The highest BCUT2D eigenvalue weighted by Gasteiger charge is 2.21. The van der Waals surface area contributed by atoms with Gasteiger partial charge in [0, 0.05) is 5.69 Å². The van der Waals surface area contributed by atoms with Crippen molar-refractivity contribution in [3.63, 3.8) is 0 Å². The van der Waals surface area contributed by atoms with Crippen LogP contribution in [0.2, 0.25) is 0 Å². The number of nitrogens with one attached hydrogen (secondary N) is 1. The van der Waals surface area contributed by atoms with Crippen LogP contribution >= 0.6 is 0 Å². The summed E-state index contributed by atoms with van der Waals surface area (Å²) in [5.74, 6) is -3.30. The van der Waals surface area contributed by atoms with E-state index in [9.17, 15) is 14.4 Å². The van der Waals surface area contributed by atoms with E-state index in [-0.39, 0.29) is 28.1 Å². The molecule has 5 N–H and O–H groups in total. The van der Waals surface area contributed by atoms with Crippen molar-refractivity contribution in [1.29, 1.82) is 0 Å². The van der Waals surface area contributed by atoms with Crippen molar-refractivity contribution in [2.24, 2.45) is 0 Å². The van der Waals surface area contributed by atoms with Crippen molar-refractivity contribution in [1.82, 2.24) is 0 Å². The van der Waals surface area contributed by atoms with Crippen LogP contribution in [-0.4, -0.2) is 28.1 Å². The van der Waals surface area contributed by atoms with Gasteiger partial charge in [0.05, 0.1) is 22.4 Å². The number of carboxylic acids is 2. The number of carboxylic acid groups (broad SMARTS) is 2. The Hall–Kier alpha value is -3.35. The molecule has 0 aliphatic heterocycles. The Labute approximate surface area is 125 Å². The van der Waals surface area contributed by atoms with Crippen LogP contribution < -0.4 is 11.1 Å². The third-order valence-electron chi connectivity index (χ3n) is 2.96. The van der Waals surface area contributed by atoms with Crippen LogP contribution in [0.5, 0.6) is 0 Å². The number of aromatic carboxylic acids is 2. The van der Waals surface area contributed by atoms with Gasteiger partial charge in [0.2, 0.25) is 0 Å². The van der Waals surface area contributed by atoms with Gasteiger partial charge in [-0.25, -0.2) is 9.59 Å². The number of nitrogens with two attached hydrogens (primary N) is 1. The summed E-state index contributed by atoms with van der Waals surface area (Å²) in [4.78, 5) is 34.6. The fraction of sp³-hybridized carbons (Fsp3) is 0. The average Bonchev–Trinajstić information content (AvgIpc) is 2.47. The van der Waals surface area contributed by atoms with Crippen molar-refractivity contribution in [3.05, 3.63) is 59.2 Å². The van der Waals surface area contributed by atoms with Crippen LogP contribution in [0.4, 0.5) is 11.4 Å². The molecule has 0 aromatic heterocycles. The molecule has 22 heavy (non-hydrogen) atoms. The summed E-state index contributed by atoms with van der Waals surface area (Å²) in [5, 5.41) is 20.6. The van der Waals surface area contributed by atoms with E-state index < -0.39 is 17.8 Å². The Bertz CT molecular complexity index is 770. The lowest BCUT2D eigenvalue weighted by Gasteiger charge is -2.11. The molecular weight excluding hydrogens is 288 g/mol. The SMILES string of the molecule is Nc1cccc(C(=O)O)c1C(=O)Nc1ccccc1C(=O)O. The molecule has 0 aliphatic rings. The Kier molecular flexibility index (Phi) is 4.08.